The first-order valence-corrected chi connectivity index (χ1v) is 9.45. The second-order valence-corrected chi connectivity index (χ2v) is 8.56. The zero-order valence-corrected chi connectivity index (χ0v) is 15.7. The number of benzene rings is 1. The summed E-state index contributed by atoms with van der Waals surface area (Å²) < 4.78 is 17.4. The van der Waals surface area contributed by atoms with Gasteiger partial charge in [-0.15, -0.1) is 0 Å². The Labute approximate surface area is 156 Å². The van der Waals surface area contributed by atoms with E-state index in [0.29, 0.717) is 35.9 Å². The fourth-order valence-electron chi connectivity index (χ4n) is 3.99. The van der Waals surface area contributed by atoms with Gasteiger partial charge in [-0.25, -0.2) is 9.18 Å². The average molecular weight is 375 g/mol. The summed E-state index contributed by atoms with van der Waals surface area (Å²) in [4.78, 5) is 26.9. The summed E-state index contributed by atoms with van der Waals surface area (Å²) in [7, 11) is 0. The van der Waals surface area contributed by atoms with E-state index < -0.39 is 17.1 Å². The fourth-order valence-corrected chi connectivity index (χ4v) is 3.99. The number of hydrogen-bond donors (Lipinski definition) is 2. The van der Waals surface area contributed by atoms with Crippen LogP contribution >= 0.6 is 0 Å². The predicted octanol–water partition coefficient (Wildman–Crippen LogP) is 0.990. The van der Waals surface area contributed by atoms with E-state index in [0.717, 1.165) is 19.3 Å². The highest BCUT2D eigenvalue weighted by molar-refractivity contribution is 5.83. The van der Waals surface area contributed by atoms with Gasteiger partial charge in [0.1, 0.15) is 0 Å². The van der Waals surface area contributed by atoms with Gasteiger partial charge in [-0.1, -0.05) is 0 Å². The monoisotopic (exact) mass is 375 g/mol. The summed E-state index contributed by atoms with van der Waals surface area (Å²) in [5, 5.41) is 0.133. The minimum Gasteiger partial charge on any atom is -0.369 e. The van der Waals surface area contributed by atoms with Crippen LogP contribution in [0.3, 0.4) is 0 Å². The first kappa shape index (κ1) is 18.0. The Morgan fingerprint density at radius 3 is 2.52 bits per heavy atom. The van der Waals surface area contributed by atoms with Crippen molar-refractivity contribution in [3.63, 3.8) is 0 Å². The molecule has 146 valence electrons. The molecule has 2 aromatic rings. The lowest BCUT2D eigenvalue weighted by molar-refractivity contribution is 0.348. The van der Waals surface area contributed by atoms with Gasteiger partial charge >= 0.3 is 5.69 Å². The summed E-state index contributed by atoms with van der Waals surface area (Å²) >= 11 is 0. The van der Waals surface area contributed by atoms with Gasteiger partial charge in [0.05, 0.1) is 16.6 Å². The number of aromatic nitrogens is 2. The molecule has 1 aliphatic heterocycles. The Hall–Kier alpha value is -2.35. The zero-order valence-electron chi connectivity index (χ0n) is 15.7. The minimum atomic E-state index is -0.671. The summed E-state index contributed by atoms with van der Waals surface area (Å²) in [6, 6.07) is 3.18. The van der Waals surface area contributed by atoms with Crippen LogP contribution in [0.15, 0.2) is 21.7 Å². The van der Waals surface area contributed by atoms with Crippen LogP contribution in [0.1, 0.15) is 33.1 Å². The number of anilines is 1. The molecule has 2 fully saturated rings. The molecule has 1 aromatic heterocycles. The van der Waals surface area contributed by atoms with Gasteiger partial charge in [-0.2, -0.15) is 4.68 Å². The molecule has 0 bridgehead atoms. The molecular weight excluding hydrogens is 349 g/mol. The SMILES string of the molecule is CC(C)(N)C1CCN(c2ccc3c(=O)n(N)c(=O)n(CC4CC4)c3c2F)C1. The van der Waals surface area contributed by atoms with Crippen molar-refractivity contribution in [1.82, 2.24) is 9.24 Å². The van der Waals surface area contributed by atoms with Crippen LogP contribution in [0.2, 0.25) is 0 Å². The van der Waals surface area contributed by atoms with Gasteiger partial charge in [-0.3, -0.25) is 9.36 Å². The van der Waals surface area contributed by atoms with E-state index in [1.54, 1.807) is 12.1 Å². The highest BCUT2D eigenvalue weighted by Gasteiger charge is 2.34. The Bertz CT molecular complexity index is 1020. The third-order valence-electron chi connectivity index (χ3n) is 5.97. The second-order valence-electron chi connectivity index (χ2n) is 8.56. The largest absolute Gasteiger partial charge is 0.369 e. The predicted molar refractivity (Wildman–Crippen MR) is 104 cm³/mol. The van der Waals surface area contributed by atoms with Crippen LogP contribution in [0.25, 0.3) is 10.9 Å². The van der Waals surface area contributed by atoms with E-state index in [4.69, 9.17) is 11.6 Å². The van der Waals surface area contributed by atoms with Crippen LogP contribution in [0.4, 0.5) is 10.1 Å². The molecular formula is C19H26FN5O2. The molecule has 1 aromatic carbocycles. The van der Waals surface area contributed by atoms with Crippen LogP contribution in [0, 0.1) is 17.7 Å². The Kier molecular flexibility index (Phi) is 4.06. The molecule has 27 heavy (non-hydrogen) atoms. The molecule has 4 rings (SSSR count). The van der Waals surface area contributed by atoms with E-state index in [1.165, 1.54) is 4.57 Å². The number of rotatable bonds is 4. The van der Waals surface area contributed by atoms with Gasteiger partial charge in [0.25, 0.3) is 5.56 Å². The number of nitrogen functional groups attached to an aromatic ring is 1. The van der Waals surface area contributed by atoms with Crippen molar-refractivity contribution in [2.45, 2.75) is 45.2 Å². The Morgan fingerprint density at radius 2 is 1.93 bits per heavy atom. The number of hydrogen-bond acceptors (Lipinski definition) is 5. The third kappa shape index (κ3) is 3.01. The number of nitrogens with two attached hydrogens (primary N) is 2. The van der Waals surface area contributed by atoms with Crippen molar-refractivity contribution in [2.75, 3.05) is 23.8 Å². The zero-order chi connectivity index (χ0) is 19.5. The van der Waals surface area contributed by atoms with Crippen molar-refractivity contribution in [3.05, 3.63) is 38.8 Å². The molecule has 1 saturated carbocycles. The van der Waals surface area contributed by atoms with Crippen molar-refractivity contribution in [3.8, 4) is 0 Å². The quantitative estimate of drug-likeness (QED) is 0.777. The number of fused-ring (bicyclic) bond motifs is 1. The van der Waals surface area contributed by atoms with E-state index >= 15 is 4.39 Å². The van der Waals surface area contributed by atoms with E-state index in [9.17, 15) is 9.59 Å². The topological polar surface area (TPSA) is 99.3 Å². The average Bonchev–Trinajstić information content (AvgIpc) is 3.28. The van der Waals surface area contributed by atoms with Crippen molar-refractivity contribution in [2.24, 2.45) is 17.6 Å². The van der Waals surface area contributed by atoms with Gasteiger partial charge in [-0.05, 0) is 57.1 Å². The highest BCUT2D eigenvalue weighted by atomic mass is 19.1. The maximum atomic E-state index is 15.5. The molecule has 1 atom stereocenters. The standard InChI is InChI=1S/C19H26FN5O2/c1-19(2,21)12-7-8-23(10-12)14-6-5-13-16(15(14)20)24(9-11-3-4-11)18(27)25(22)17(13)26/h5-6,11-12H,3-4,7-10,21-22H2,1-2H3. The summed E-state index contributed by atoms with van der Waals surface area (Å²) in [6.07, 6.45) is 2.87. The van der Waals surface area contributed by atoms with E-state index in [1.807, 2.05) is 18.7 Å². The normalized spacial score (nSPS) is 20.6. The summed E-state index contributed by atoms with van der Waals surface area (Å²) in [6.45, 7) is 5.68. The summed E-state index contributed by atoms with van der Waals surface area (Å²) in [5.41, 5.74) is 5.02. The molecule has 2 heterocycles. The molecule has 1 saturated heterocycles. The molecule has 1 aliphatic carbocycles. The van der Waals surface area contributed by atoms with Gasteiger partial charge in [0.15, 0.2) is 5.82 Å². The van der Waals surface area contributed by atoms with Crippen LogP contribution in [-0.4, -0.2) is 27.9 Å². The summed E-state index contributed by atoms with van der Waals surface area (Å²) in [5.74, 6) is 5.70. The van der Waals surface area contributed by atoms with Crippen LogP contribution in [-0.2, 0) is 6.54 Å². The molecule has 4 N–H and O–H groups in total. The first-order chi connectivity index (χ1) is 12.7. The van der Waals surface area contributed by atoms with E-state index in [2.05, 4.69) is 0 Å². The first-order valence-electron chi connectivity index (χ1n) is 9.45. The van der Waals surface area contributed by atoms with Gasteiger partial charge < -0.3 is 16.5 Å². The lowest BCUT2D eigenvalue weighted by atomic mass is 9.88. The Morgan fingerprint density at radius 1 is 1.22 bits per heavy atom. The van der Waals surface area contributed by atoms with Gasteiger partial charge in [0.2, 0.25) is 0 Å². The van der Waals surface area contributed by atoms with Crippen molar-refractivity contribution in [1.29, 1.82) is 0 Å². The smallest absolute Gasteiger partial charge is 0.350 e. The van der Waals surface area contributed by atoms with Crippen LogP contribution in [0.5, 0.6) is 0 Å². The molecule has 1 unspecified atom stereocenters. The Balaban J connectivity index is 1.85. The maximum Gasteiger partial charge on any atom is 0.350 e. The number of halogens is 1. The third-order valence-corrected chi connectivity index (χ3v) is 5.97. The molecule has 7 nitrogen and oxygen atoms in total. The maximum absolute atomic E-state index is 15.5. The van der Waals surface area contributed by atoms with E-state index in [-0.39, 0.29) is 22.4 Å². The fraction of sp³-hybridized carbons (Fsp3) is 0.579. The second kappa shape index (κ2) is 6.09. The lowest BCUT2D eigenvalue weighted by Gasteiger charge is -2.27. The molecule has 8 heteroatoms. The lowest BCUT2D eigenvalue weighted by Crippen LogP contribution is -2.45. The van der Waals surface area contributed by atoms with Gasteiger partial charge in [0, 0.05) is 25.2 Å². The highest BCUT2D eigenvalue weighted by Crippen LogP contribution is 2.34. The molecule has 0 spiro atoms. The molecule has 0 radical (unpaired) electrons. The molecule has 0 amide bonds. The number of nitrogens with zero attached hydrogens (tertiary/aromatic N) is 3. The minimum absolute atomic E-state index is 0.0616. The van der Waals surface area contributed by atoms with Crippen LogP contribution < -0.4 is 27.7 Å². The van der Waals surface area contributed by atoms with Crippen molar-refractivity contribution >= 4 is 16.6 Å². The molecule has 2 aliphatic rings. The van der Waals surface area contributed by atoms with Crippen molar-refractivity contribution < 1.29 is 4.39 Å².